The molecule has 0 atom stereocenters. The van der Waals surface area contributed by atoms with E-state index in [-0.39, 0.29) is 0 Å². The quantitative estimate of drug-likeness (QED) is 0.906. The van der Waals surface area contributed by atoms with Crippen LogP contribution in [-0.4, -0.2) is 5.16 Å². The molecule has 0 unspecified atom stereocenters. The number of anilines is 1. The fraction of sp³-hybridized carbons (Fsp3) is 0.308. The van der Waals surface area contributed by atoms with Gasteiger partial charge in [0, 0.05) is 15.6 Å². The van der Waals surface area contributed by atoms with Gasteiger partial charge in [-0.05, 0) is 30.5 Å². The van der Waals surface area contributed by atoms with Crippen LogP contribution >= 0.6 is 15.9 Å². The van der Waals surface area contributed by atoms with Gasteiger partial charge < -0.3 is 10.3 Å². The van der Waals surface area contributed by atoms with Crippen LogP contribution in [0.3, 0.4) is 0 Å². The van der Waals surface area contributed by atoms with Gasteiger partial charge in [0.15, 0.2) is 0 Å². The molecule has 2 N–H and O–H groups in total. The zero-order chi connectivity index (χ0) is 12.6. The third-order valence-corrected chi connectivity index (χ3v) is 3.27. The lowest BCUT2D eigenvalue weighted by molar-refractivity contribution is 0.438. The maximum atomic E-state index is 5.82. The van der Waals surface area contributed by atoms with Crippen LogP contribution in [0.1, 0.15) is 30.9 Å². The van der Waals surface area contributed by atoms with E-state index < -0.39 is 0 Å². The summed E-state index contributed by atoms with van der Waals surface area (Å²) in [5.74, 6) is 0.705. The van der Waals surface area contributed by atoms with E-state index in [0.717, 1.165) is 26.9 Å². The van der Waals surface area contributed by atoms with Gasteiger partial charge in [0.1, 0.15) is 5.69 Å². The molecule has 0 aliphatic carbocycles. The van der Waals surface area contributed by atoms with Gasteiger partial charge in [0.25, 0.3) is 0 Å². The average molecular weight is 295 g/mol. The minimum absolute atomic E-state index is 0.291. The second kappa shape index (κ2) is 4.53. The van der Waals surface area contributed by atoms with Crippen molar-refractivity contribution in [2.45, 2.75) is 26.7 Å². The molecule has 1 aromatic carbocycles. The van der Waals surface area contributed by atoms with Crippen LogP contribution in [0.15, 0.2) is 27.2 Å². The Morgan fingerprint density at radius 1 is 1.35 bits per heavy atom. The highest BCUT2D eigenvalue weighted by molar-refractivity contribution is 9.10. The summed E-state index contributed by atoms with van der Waals surface area (Å²) in [6.45, 7) is 6.22. The molecule has 2 rings (SSSR count). The first-order chi connectivity index (χ1) is 8.00. The van der Waals surface area contributed by atoms with E-state index in [9.17, 15) is 0 Å². The zero-order valence-electron chi connectivity index (χ0n) is 10.1. The van der Waals surface area contributed by atoms with Gasteiger partial charge >= 0.3 is 0 Å². The molecular formula is C13H15BrN2O. The number of hydrogen-bond donors (Lipinski definition) is 1. The number of benzene rings is 1. The van der Waals surface area contributed by atoms with Gasteiger partial charge in [-0.3, -0.25) is 0 Å². The van der Waals surface area contributed by atoms with Crippen LogP contribution in [0.5, 0.6) is 0 Å². The lowest BCUT2D eigenvalue weighted by atomic mass is 9.96. The van der Waals surface area contributed by atoms with Crippen molar-refractivity contribution in [3.8, 4) is 11.3 Å². The number of aryl methyl sites for hydroxylation is 1. The summed E-state index contributed by atoms with van der Waals surface area (Å²) in [5.41, 5.74) is 9.87. The fourth-order valence-electron chi connectivity index (χ4n) is 1.95. The second-order valence-corrected chi connectivity index (χ2v) is 5.34. The van der Waals surface area contributed by atoms with E-state index in [0.29, 0.717) is 11.8 Å². The van der Waals surface area contributed by atoms with E-state index in [1.165, 1.54) is 0 Å². The van der Waals surface area contributed by atoms with Gasteiger partial charge in [0.05, 0.1) is 0 Å². The fourth-order valence-corrected chi connectivity index (χ4v) is 2.43. The van der Waals surface area contributed by atoms with Crippen LogP contribution in [0.25, 0.3) is 11.3 Å². The van der Waals surface area contributed by atoms with Crippen LogP contribution < -0.4 is 5.73 Å². The second-order valence-electron chi connectivity index (χ2n) is 4.42. The van der Waals surface area contributed by atoms with Crippen LogP contribution in [0.2, 0.25) is 0 Å². The van der Waals surface area contributed by atoms with Crippen LogP contribution in [0, 0.1) is 6.92 Å². The summed E-state index contributed by atoms with van der Waals surface area (Å²) >= 11 is 3.45. The Bertz CT molecular complexity index is 546. The maximum absolute atomic E-state index is 5.82. The first-order valence-corrected chi connectivity index (χ1v) is 6.31. The predicted octanol–water partition coefficient (Wildman–Crippen LogP) is 4.12. The summed E-state index contributed by atoms with van der Waals surface area (Å²) in [7, 11) is 0. The molecule has 0 spiro atoms. The molecule has 0 aliphatic heterocycles. The summed E-state index contributed by atoms with van der Waals surface area (Å²) in [5, 5.41) is 4.08. The Kier molecular flexibility index (Phi) is 3.24. The molecule has 0 saturated carbocycles. The van der Waals surface area contributed by atoms with E-state index in [1.54, 1.807) is 0 Å². The van der Waals surface area contributed by atoms with Crippen molar-refractivity contribution in [3.63, 3.8) is 0 Å². The third-order valence-electron chi connectivity index (χ3n) is 2.78. The van der Waals surface area contributed by atoms with Crippen molar-refractivity contribution in [2.75, 3.05) is 5.73 Å². The molecule has 0 amide bonds. The number of nitrogen functional groups attached to an aromatic ring is 1. The Morgan fingerprint density at radius 2 is 2.06 bits per heavy atom. The molecule has 0 bridgehead atoms. The van der Waals surface area contributed by atoms with E-state index in [1.807, 2.05) is 12.1 Å². The molecule has 1 heterocycles. The number of rotatable bonds is 2. The van der Waals surface area contributed by atoms with Gasteiger partial charge in [-0.25, -0.2) is 0 Å². The SMILES string of the molecule is Cc1cc(Br)ccc1-c1noc(N)c1C(C)C. The van der Waals surface area contributed by atoms with Crippen molar-refractivity contribution >= 4 is 21.8 Å². The Hall–Kier alpha value is -1.29. The highest BCUT2D eigenvalue weighted by Gasteiger charge is 2.19. The topological polar surface area (TPSA) is 52.0 Å². The normalized spacial score (nSPS) is 11.1. The van der Waals surface area contributed by atoms with E-state index in [4.69, 9.17) is 10.3 Å². The molecule has 17 heavy (non-hydrogen) atoms. The summed E-state index contributed by atoms with van der Waals surface area (Å²) in [6, 6.07) is 6.09. The largest absolute Gasteiger partial charge is 0.367 e. The predicted molar refractivity (Wildman–Crippen MR) is 72.9 cm³/mol. The number of nitrogens with zero attached hydrogens (tertiary/aromatic N) is 1. The summed E-state index contributed by atoms with van der Waals surface area (Å²) in [6.07, 6.45) is 0. The van der Waals surface area contributed by atoms with E-state index in [2.05, 4.69) is 47.9 Å². The minimum Gasteiger partial charge on any atom is -0.367 e. The molecule has 0 saturated heterocycles. The summed E-state index contributed by atoms with van der Waals surface area (Å²) in [4.78, 5) is 0. The van der Waals surface area contributed by atoms with Crippen molar-refractivity contribution in [1.82, 2.24) is 5.16 Å². The monoisotopic (exact) mass is 294 g/mol. The summed E-state index contributed by atoms with van der Waals surface area (Å²) < 4.78 is 6.17. The van der Waals surface area contributed by atoms with Crippen LogP contribution in [-0.2, 0) is 0 Å². The van der Waals surface area contributed by atoms with Crippen molar-refractivity contribution in [1.29, 1.82) is 0 Å². The molecule has 2 aromatic rings. The number of aromatic nitrogens is 1. The first kappa shape index (κ1) is 12.2. The Labute approximate surface area is 109 Å². The van der Waals surface area contributed by atoms with Crippen molar-refractivity contribution < 1.29 is 4.52 Å². The molecule has 0 radical (unpaired) electrons. The smallest absolute Gasteiger partial charge is 0.226 e. The highest BCUT2D eigenvalue weighted by atomic mass is 79.9. The van der Waals surface area contributed by atoms with Gasteiger partial charge in [-0.15, -0.1) is 0 Å². The van der Waals surface area contributed by atoms with Crippen molar-refractivity contribution in [3.05, 3.63) is 33.8 Å². The minimum atomic E-state index is 0.291. The number of nitrogens with two attached hydrogens (primary N) is 1. The molecule has 4 heteroatoms. The number of hydrogen-bond acceptors (Lipinski definition) is 3. The zero-order valence-corrected chi connectivity index (χ0v) is 11.7. The Balaban J connectivity index is 2.61. The third kappa shape index (κ3) is 2.22. The maximum Gasteiger partial charge on any atom is 0.226 e. The van der Waals surface area contributed by atoms with Gasteiger partial charge in [-0.2, -0.15) is 0 Å². The lowest BCUT2D eigenvalue weighted by Gasteiger charge is -2.08. The molecule has 0 aliphatic rings. The Morgan fingerprint density at radius 3 is 2.65 bits per heavy atom. The van der Waals surface area contributed by atoms with Gasteiger partial charge in [-0.1, -0.05) is 41.0 Å². The van der Waals surface area contributed by atoms with E-state index >= 15 is 0 Å². The molecule has 0 fully saturated rings. The standard InChI is InChI=1S/C13H15BrN2O/c1-7(2)11-12(16-17-13(11)15)10-5-4-9(14)6-8(10)3/h4-7H,15H2,1-3H3. The highest BCUT2D eigenvalue weighted by Crippen LogP contribution is 2.35. The van der Waals surface area contributed by atoms with Gasteiger partial charge in [0.2, 0.25) is 5.88 Å². The van der Waals surface area contributed by atoms with Crippen molar-refractivity contribution in [2.24, 2.45) is 0 Å². The first-order valence-electron chi connectivity index (χ1n) is 5.52. The lowest BCUT2D eigenvalue weighted by Crippen LogP contribution is -1.95. The molecule has 1 aromatic heterocycles. The molecular weight excluding hydrogens is 280 g/mol. The van der Waals surface area contributed by atoms with Crippen LogP contribution in [0.4, 0.5) is 5.88 Å². The average Bonchev–Trinajstić information content (AvgIpc) is 2.60. The molecule has 90 valence electrons. The number of halogens is 1. The molecule has 3 nitrogen and oxygen atoms in total.